The quantitative estimate of drug-likeness (QED) is 0.693. The van der Waals surface area contributed by atoms with Gasteiger partial charge in [0.1, 0.15) is 0 Å². The van der Waals surface area contributed by atoms with Crippen LogP contribution in [0.1, 0.15) is 17.5 Å². The number of hydrogen-bond donors (Lipinski definition) is 0. The molecular formula is C22H31N3O4S2. The number of nitrogens with zero attached hydrogens (tertiary/aromatic N) is 3. The van der Waals surface area contributed by atoms with Gasteiger partial charge in [-0.05, 0) is 51.6 Å². The molecule has 1 saturated heterocycles. The maximum absolute atomic E-state index is 13.2. The number of benzene rings is 2. The standard InChI is InChI=1S/C22H31N3O4S2/c1-19-5-9-21(10-6-19)30(26,27)24-13-4-14-25(18-16-23(3)15-17-24)31(28,29)22-11-7-20(2)8-12-22/h5-12H,4,13-18H2,1-3H3. The third-order valence-corrected chi connectivity index (χ3v) is 9.42. The molecule has 1 aliphatic heterocycles. The summed E-state index contributed by atoms with van der Waals surface area (Å²) in [5.41, 5.74) is 1.99. The Kier molecular flexibility index (Phi) is 7.54. The molecule has 1 fully saturated rings. The van der Waals surface area contributed by atoms with Gasteiger partial charge in [0.15, 0.2) is 0 Å². The van der Waals surface area contributed by atoms with E-state index >= 15 is 0 Å². The van der Waals surface area contributed by atoms with Crippen LogP contribution in [0.5, 0.6) is 0 Å². The van der Waals surface area contributed by atoms with Crippen molar-refractivity contribution in [2.75, 3.05) is 46.3 Å². The van der Waals surface area contributed by atoms with Crippen LogP contribution >= 0.6 is 0 Å². The minimum Gasteiger partial charge on any atom is -0.304 e. The van der Waals surface area contributed by atoms with Crippen molar-refractivity contribution in [3.8, 4) is 0 Å². The summed E-state index contributed by atoms with van der Waals surface area (Å²) in [4.78, 5) is 2.50. The van der Waals surface area contributed by atoms with E-state index in [1.54, 1.807) is 48.5 Å². The van der Waals surface area contributed by atoms with Gasteiger partial charge in [-0.2, -0.15) is 8.61 Å². The first-order chi connectivity index (χ1) is 14.6. The molecule has 0 amide bonds. The molecule has 1 heterocycles. The molecule has 0 unspecified atom stereocenters. The molecule has 2 aromatic carbocycles. The summed E-state index contributed by atoms with van der Waals surface area (Å²) in [6.07, 6.45) is 0.430. The lowest BCUT2D eigenvalue weighted by molar-refractivity contribution is 0.247. The van der Waals surface area contributed by atoms with Crippen LogP contribution in [-0.4, -0.2) is 76.7 Å². The predicted molar refractivity (Wildman–Crippen MR) is 122 cm³/mol. The zero-order chi connectivity index (χ0) is 22.6. The van der Waals surface area contributed by atoms with Gasteiger partial charge in [-0.25, -0.2) is 16.8 Å². The van der Waals surface area contributed by atoms with Gasteiger partial charge in [-0.1, -0.05) is 35.4 Å². The first-order valence-electron chi connectivity index (χ1n) is 10.4. The van der Waals surface area contributed by atoms with E-state index in [2.05, 4.69) is 0 Å². The van der Waals surface area contributed by atoms with Gasteiger partial charge >= 0.3 is 0 Å². The maximum atomic E-state index is 13.2. The van der Waals surface area contributed by atoms with Crippen molar-refractivity contribution in [2.24, 2.45) is 0 Å². The molecule has 2 aromatic rings. The van der Waals surface area contributed by atoms with Crippen molar-refractivity contribution in [2.45, 2.75) is 30.1 Å². The first-order valence-corrected chi connectivity index (χ1v) is 13.3. The third kappa shape index (κ3) is 5.72. The Hall–Kier alpha value is -1.78. The molecule has 0 aliphatic carbocycles. The Morgan fingerprint density at radius 3 is 1.29 bits per heavy atom. The van der Waals surface area contributed by atoms with E-state index in [1.807, 2.05) is 25.8 Å². The molecule has 0 atom stereocenters. The minimum atomic E-state index is -3.64. The Morgan fingerprint density at radius 2 is 0.935 bits per heavy atom. The average molecular weight is 466 g/mol. The summed E-state index contributed by atoms with van der Waals surface area (Å²) in [5, 5.41) is 0. The highest BCUT2D eigenvalue weighted by Crippen LogP contribution is 2.20. The molecule has 0 spiro atoms. The second-order valence-electron chi connectivity index (χ2n) is 8.09. The van der Waals surface area contributed by atoms with Crippen molar-refractivity contribution in [1.82, 2.24) is 13.5 Å². The Morgan fingerprint density at radius 1 is 0.581 bits per heavy atom. The van der Waals surface area contributed by atoms with Gasteiger partial charge in [-0.3, -0.25) is 0 Å². The highest BCUT2D eigenvalue weighted by molar-refractivity contribution is 7.89. The molecular weight excluding hydrogens is 434 g/mol. The fourth-order valence-corrected chi connectivity index (χ4v) is 6.46. The van der Waals surface area contributed by atoms with Gasteiger partial charge in [0, 0.05) is 39.3 Å². The van der Waals surface area contributed by atoms with E-state index < -0.39 is 20.0 Å². The molecule has 3 rings (SSSR count). The summed E-state index contributed by atoms with van der Waals surface area (Å²) >= 11 is 0. The fourth-order valence-electron chi connectivity index (χ4n) is 3.52. The van der Waals surface area contributed by atoms with E-state index in [0.717, 1.165) is 11.1 Å². The highest BCUT2D eigenvalue weighted by atomic mass is 32.2. The first kappa shape index (κ1) is 23.9. The SMILES string of the molecule is Cc1ccc(S(=O)(=O)N2CCCN(S(=O)(=O)c3ccc(C)cc3)CCN(C)CC2)cc1. The fraction of sp³-hybridized carbons (Fsp3) is 0.455. The summed E-state index contributed by atoms with van der Waals surface area (Å²) in [5.74, 6) is 0. The molecule has 0 aromatic heterocycles. The van der Waals surface area contributed by atoms with E-state index in [9.17, 15) is 16.8 Å². The monoisotopic (exact) mass is 465 g/mol. The normalized spacial score (nSPS) is 18.7. The van der Waals surface area contributed by atoms with E-state index in [-0.39, 0.29) is 22.9 Å². The molecule has 7 nitrogen and oxygen atoms in total. The second-order valence-corrected chi connectivity index (χ2v) is 12.0. The topological polar surface area (TPSA) is 78.0 Å². The summed E-state index contributed by atoms with van der Waals surface area (Å²) in [7, 11) is -5.40. The molecule has 170 valence electrons. The lowest BCUT2D eigenvalue weighted by atomic mass is 10.2. The van der Waals surface area contributed by atoms with Gasteiger partial charge in [-0.15, -0.1) is 0 Å². The lowest BCUT2D eigenvalue weighted by Gasteiger charge is -2.30. The zero-order valence-electron chi connectivity index (χ0n) is 18.4. The van der Waals surface area contributed by atoms with E-state index in [0.29, 0.717) is 32.6 Å². The van der Waals surface area contributed by atoms with Gasteiger partial charge in [0.05, 0.1) is 9.79 Å². The number of rotatable bonds is 4. The zero-order valence-corrected chi connectivity index (χ0v) is 20.0. The number of hydrogen-bond acceptors (Lipinski definition) is 5. The van der Waals surface area contributed by atoms with Crippen LogP contribution in [0.25, 0.3) is 0 Å². The molecule has 31 heavy (non-hydrogen) atoms. The number of likely N-dealkylation sites (N-methyl/N-ethyl adjacent to an activating group) is 1. The Labute approximate surface area is 186 Å². The Bertz CT molecular complexity index is 995. The molecule has 9 heteroatoms. The van der Waals surface area contributed by atoms with Crippen LogP contribution in [0.15, 0.2) is 58.3 Å². The average Bonchev–Trinajstić information content (AvgIpc) is 2.73. The van der Waals surface area contributed by atoms with Crippen LogP contribution in [0.4, 0.5) is 0 Å². The van der Waals surface area contributed by atoms with Crippen molar-refractivity contribution in [3.63, 3.8) is 0 Å². The lowest BCUT2D eigenvalue weighted by Crippen LogP contribution is -2.44. The van der Waals surface area contributed by atoms with Gasteiger partial charge < -0.3 is 4.90 Å². The predicted octanol–water partition coefficient (Wildman–Crippen LogP) is 2.32. The molecule has 0 bridgehead atoms. The van der Waals surface area contributed by atoms with E-state index in [1.165, 1.54) is 8.61 Å². The van der Waals surface area contributed by atoms with Crippen molar-refractivity contribution in [3.05, 3.63) is 59.7 Å². The molecule has 0 saturated carbocycles. The third-order valence-electron chi connectivity index (χ3n) is 5.59. The molecule has 1 aliphatic rings. The number of aryl methyl sites for hydroxylation is 2. The molecule has 0 radical (unpaired) electrons. The van der Waals surface area contributed by atoms with Gasteiger partial charge in [0.25, 0.3) is 0 Å². The van der Waals surface area contributed by atoms with E-state index in [4.69, 9.17) is 0 Å². The van der Waals surface area contributed by atoms with Crippen LogP contribution in [0, 0.1) is 13.8 Å². The minimum absolute atomic E-state index is 0.266. The summed E-state index contributed by atoms with van der Waals surface area (Å²) in [6.45, 7) is 6.17. The van der Waals surface area contributed by atoms with Crippen LogP contribution in [0.3, 0.4) is 0 Å². The van der Waals surface area contributed by atoms with Gasteiger partial charge in [0.2, 0.25) is 20.0 Å². The van der Waals surface area contributed by atoms with Crippen molar-refractivity contribution < 1.29 is 16.8 Å². The summed E-state index contributed by atoms with van der Waals surface area (Å²) in [6, 6.07) is 13.7. The Balaban J connectivity index is 1.81. The maximum Gasteiger partial charge on any atom is 0.243 e. The molecule has 0 N–H and O–H groups in total. The smallest absolute Gasteiger partial charge is 0.243 e. The number of sulfonamides is 2. The second kappa shape index (κ2) is 9.79. The van der Waals surface area contributed by atoms with Crippen molar-refractivity contribution in [1.29, 1.82) is 0 Å². The van der Waals surface area contributed by atoms with Crippen LogP contribution in [-0.2, 0) is 20.0 Å². The van der Waals surface area contributed by atoms with Crippen LogP contribution < -0.4 is 0 Å². The van der Waals surface area contributed by atoms with Crippen LogP contribution in [0.2, 0.25) is 0 Å². The highest BCUT2D eigenvalue weighted by Gasteiger charge is 2.28. The largest absolute Gasteiger partial charge is 0.304 e. The van der Waals surface area contributed by atoms with Crippen molar-refractivity contribution >= 4 is 20.0 Å². The summed E-state index contributed by atoms with van der Waals surface area (Å²) < 4.78 is 55.6.